The Kier molecular flexibility index (Phi) is 3.74. The van der Waals surface area contributed by atoms with Crippen molar-refractivity contribution in [3.8, 4) is 0 Å². The minimum Gasteiger partial charge on any atom is -0.397 e. The fourth-order valence-electron chi connectivity index (χ4n) is 1.40. The maximum absolute atomic E-state index is 11.0. The maximum Gasteiger partial charge on any atom is 0.149 e. The number of nitrogens with zero attached hydrogens (tertiary/aromatic N) is 2. The molecule has 0 saturated heterocycles. The molecule has 0 saturated carbocycles. The van der Waals surface area contributed by atoms with E-state index in [-0.39, 0.29) is 5.75 Å². The Bertz CT molecular complexity index is 471. The molecule has 0 aliphatic carbocycles. The molecule has 0 bridgehead atoms. The van der Waals surface area contributed by atoms with Crippen molar-refractivity contribution in [2.24, 2.45) is 0 Å². The Morgan fingerprint density at radius 2 is 2.12 bits per heavy atom. The quantitative estimate of drug-likeness (QED) is 0.831. The second-order valence-electron chi connectivity index (χ2n) is 3.96. The zero-order valence-corrected chi connectivity index (χ0v) is 10.6. The van der Waals surface area contributed by atoms with Crippen LogP contribution in [0.25, 0.3) is 0 Å². The molecule has 90 valence electrons. The fourth-order valence-corrected chi connectivity index (χ4v) is 2.00. The molecule has 0 aromatic carbocycles. The fraction of sp³-hybridized carbons (Fsp3) is 0.500. The monoisotopic (exact) mass is 243 g/mol. The molecule has 0 atom stereocenters. The Morgan fingerprint density at radius 1 is 1.50 bits per heavy atom. The van der Waals surface area contributed by atoms with Crippen LogP contribution in [0.4, 0.5) is 11.5 Å². The van der Waals surface area contributed by atoms with E-state index < -0.39 is 9.84 Å². The second kappa shape index (κ2) is 4.69. The molecular weight excluding hydrogens is 226 g/mol. The highest BCUT2D eigenvalue weighted by Gasteiger charge is 2.09. The molecule has 1 heterocycles. The van der Waals surface area contributed by atoms with E-state index in [0.29, 0.717) is 12.2 Å². The summed E-state index contributed by atoms with van der Waals surface area (Å²) in [5.41, 5.74) is 7.14. The van der Waals surface area contributed by atoms with Crippen molar-refractivity contribution in [2.75, 3.05) is 36.2 Å². The number of nitrogens with two attached hydrogens (primary N) is 1. The third-order valence-corrected chi connectivity index (χ3v) is 3.15. The highest BCUT2D eigenvalue weighted by Crippen LogP contribution is 2.17. The van der Waals surface area contributed by atoms with Gasteiger partial charge in [0.2, 0.25) is 0 Å². The smallest absolute Gasteiger partial charge is 0.149 e. The lowest BCUT2D eigenvalue weighted by Gasteiger charge is -2.19. The van der Waals surface area contributed by atoms with Gasteiger partial charge in [0.15, 0.2) is 0 Å². The number of hydrogen-bond donors (Lipinski definition) is 1. The van der Waals surface area contributed by atoms with Gasteiger partial charge in [0.1, 0.15) is 15.7 Å². The number of aryl methyl sites for hydroxylation is 1. The third kappa shape index (κ3) is 3.69. The Balaban J connectivity index is 2.77. The number of hydrogen-bond acceptors (Lipinski definition) is 5. The van der Waals surface area contributed by atoms with Crippen molar-refractivity contribution in [2.45, 2.75) is 6.92 Å². The van der Waals surface area contributed by atoms with Crippen LogP contribution < -0.4 is 10.6 Å². The standard InChI is InChI=1S/C10H17N3O2S/c1-8-6-9(11)7-12-10(8)13(2)4-5-16(3,14)15/h6-7H,4-5,11H2,1-3H3. The summed E-state index contributed by atoms with van der Waals surface area (Å²) in [4.78, 5) is 6.00. The van der Waals surface area contributed by atoms with E-state index in [0.717, 1.165) is 11.4 Å². The first-order valence-corrected chi connectivity index (χ1v) is 6.96. The minimum atomic E-state index is -2.94. The highest BCUT2D eigenvalue weighted by molar-refractivity contribution is 7.90. The summed E-state index contributed by atoms with van der Waals surface area (Å²) in [6.45, 7) is 2.33. The molecule has 1 aromatic heterocycles. The van der Waals surface area contributed by atoms with Gasteiger partial charge in [0.25, 0.3) is 0 Å². The van der Waals surface area contributed by atoms with Gasteiger partial charge in [0.05, 0.1) is 17.6 Å². The van der Waals surface area contributed by atoms with E-state index in [4.69, 9.17) is 5.73 Å². The lowest BCUT2D eigenvalue weighted by molar-refractivity contribution is 0.601. The summed E-state index contributed by atoms with van der Waals surface area (Å²) in [5, 5.41) is 0. The molecule has 0 spiro atoms. The second-order valence-corrected chi connectivity index (χ2v) is 6.22. The van der Waals surface area contributed by atoms with Gasteiger partial charge in [0, 0.05) is 19.8 Å². The molecule has 0 amide bonds. The first-order chi connectivity index (χ1) is 7.29. The van der Waals surface area contributed by atoms with Crippen molar-refractivity contribution in [1.29, 1.82) is 0 Å². The Morgan fingerprint density at radius 3 is 2.62 bits per heavy atom. The average Bonchev–Trinajstić information content (AvgIpc) is 2.13. The molecule has 0 radical (unpaired) electrons. The molecule has 5 nitrogen and oxygen atoms in total. The molecule has 0 aliphatic heterocycles. The van der Waals surface area contributed by atoms with Crippen molar-refractivity contribution in [1.82, 2.24) is 4.98 Å². The summed E-state index contributed by atoms with van der Waals surface area (Å²) in [5.74, 6) is 0.882. The molecular formula is C10H17N3O2S. The van der Waals surface area contributed by atoms with Crippen molar-refractivity contribution >= 4 is 21.3 Å². The zero-order valence-electron chi connectivity index (χ0n) is 9.77. The number of rotatable bonds is 4. The van der Waals surface area contributed by atoms with Crippen LogP contribution in [0, 0.1) is 6.92 Å². The van der Waals surface area contributed by atoms with E-state index >= 15 is 0 Å². The first-order valence-electron chi connectivity index (χ1n) is 4.90. The van der Waals surface area contributed by atoms with Gasteiger partial charge in [-0.2, -0.15) is 0 Å². The van der Waals surface area contributed by atoms with E-state index in [1.807, 2.05) is 24.9 Å². The SMILES string of the molecule is Cc1cc(N)cnc1N(C)CCS(C)(=O)=O. The topological polar surface area (TPSA) is 76.3 Å². The van der Waals surface area contributed by atoms with E-state index in [1.54, 1.807) is 6.20 Å². The predicted octanol–water partition coefficient (Wildman–Crippen LogP) is 0.453. The van der Waals surface area contributed by atoms with Gasteiger partial charge in [-0.05, 0) is 18.6 Å². The van der Waals surface area contributed by atoms with Crippen molar-refractivity contribution in [3.05, 3.63) is 17.8 Å². The third-order valence-electron chi connectivity index (χ3n) is 2.23. The Labute approximate surface area is 96.2 Å². The average molecular weight is 243 g/mol. The number of nitrogen functional groups attached to an aromatic ring is 1. The molecule has 6 heteroatoms. The van der Waals surface area contributed by atoms with Crippen molar-refractivity contribution in [3.63, 3.8) is 0 Å². The number of pyridine rings is 1. The van der Waals surface area contributed by atoms with Crippen LogP contribution in [-0.2, 0) is 9.84 Å². The van der Waals surface area contributed by atoms with Gasteiger partial charge >= 0.3 is 0 Å². The molecule has 1 rings (SSSR count). The summed E-state index contributed by atoms with van der Waals surface area (Å²) < 4.78 is 22.1. The summed E-state index contributed by atoms with van der Waals surface area (Å²) in [6.07, 6.45) is 2.80. The lowest BCUT2D eigenvalue weighted by Crippen LogP contribution is -2.26. The normalized spacial score (nSPS) is 11.4. The summed E-state index contributed by atoms with van der Waals surface area (Å²) in [7, 11) is -1.13. The molecule has 1 aromatic rings. The minimum absolute atomic E-state index is 0.120. The lowest BCUT2D eigenvalue weighted by atomic mass is 10.2. The van der Waals surface area contributed by atoms with Gasteiger partial charge in [-0.3, -0.25) is 0 Å². The molecule has 0 unspecified atom stereocenters. The molecule has 0 fully saturated rings. The van der Waals surface area contributed by atoms with Crippen molar-refractivity contribution < 1.29 is 8.42 Å². The van der Waals surface area contributed by atoms with E-state index in [2.05, 4.69) is 4.98 Å². The first kappa shape index (κ1) is 12.8. The van der Waals surface area contributed by atoms with Gasteiger partial charge in [-0.25, -0.2) is 13.4 Å². The van der Waals surface area contributed by atoms with Crippen LogP contribution in [0.1, 0.15) is 5.56 Å². The predicted molar refractivity (Wildman–Crippen MR) is 66.4 cm³/mol. The zero-order chi connectivity index (χ0) is 12.3. The molecule has 0 aliphatic rings. The molecule has 16 heavy (non-hydrogen) atoms. The van der Waals surface area contributed by atoms with E-state index in [1.165, 1.54) is 6.26 Å². The van der Waals surface area contributed by atoms with Gasteiger partial charge in [-0.15, -0.1) is 0 Å². The van der Waals surface area contributed by atoms with Gasteiger partial charge < -0.3 is 10.6 Å². The largest absolute Gasteiger partial charge is 0.397 e. The highest BCUT2D eigenvalue weighted by atomic mass is 32.2. The summed E-state index contributed by atoms with van der Waals surface area (Å²) >= 11 is 0. The van der Waals surface area contributed by atoms with Crippen LogP contribution in [0.5, 0.6) is 0 Å². The number of anilines is 2. The van der Waals surface area contributed by atoms with E-state index in [9.17, 15) is 8.42 Å². The molecule has 2 N–H and O–H groups in total. The number of aromatic nitrogens is 1. The Hall–Kier alpha value is -1.30. The number of sulfone groups is 1. The maximum atomic E-state index is 11.0. The van der Waals surface area contributed by atoms with Crippen LogP contribution in [0.3, 0.4) is 0 Å². The van der Waals surface area contributed by atoms with Crippen LogP contribution in [0.2, 0.25) is 0 Å². The summed E-state index contributed by atoms with van der Waals surface area (Å²) in [6, 6.07) is 1.82. The van der Waals surface area contributed by atoms with Crippen LogP contribution in [-0.4, -0.2) is 39.0 Å². The van der Waals surface area contributed by atoms with Crippen LogP contribution >= 0.6 is 0 Å². The van der Waals surface area contributed by atoms with Gasteiger partial charge in [-0.1, -0.05) is 0 Å². The van der Waals surface area contributed by atoms with Crippen LogP contribution in [0.15, 0.2) is 12.3 Å².